The van der Waals surface area contributed by atoms with Crippen LogP contribution in [-0.4, -0.2) is 34.4 Å². The van der Waals surface area contributed by atoms with Crippen LogP contribution in [0.15, 0.2) is 59.1 Å². The highest BCUT2D eigenvalue weighted by atomic mass is 35.5. The molecule has 0 bridgehead atoms. The monoisotopic (exact) mass is 396 g/mol. The highest BCUT2D eigenvalue weighted by Crippen LogP contribution is 2.23. The molecule has 28 heavy (non-hydrogen) atoms. The van der Waals surface area contributed by atoms with Crippen LogP contribution in [0.25, 0.3) is 11.3 Å². The third-order valence-electron chi connectivity index (χ3n) is 4.24. The van der Waals surface area contributed by atoms with Crippen molar-refractivity contribution in [1.82, 2.24) is 10.1 Å². The predicted molar refractivity (Wildman–Crippen MR) is 98.6 cm³/mol. The minimum absolute atomic E-state index is 0.164. The van der Waals surface area contributed by atoms with Crippen molar-refractivity contribution < 1.29 is 23.6 Å². The Bertz CT molecular complexity index is 1040. The number of esters is 1. The van der Waals surface area contributed by atoms with Gasteiger partial charge in [0.25, 0.3) is 11.8 Å². The number of nitrogens with zero attached hydrogens (tertiary/aromatic N) is 2. The summed E-state index contributed by atoms with van der Waals surface area (Å²) in [5.41, 5.74) is 1.94. The van der Waals surface area contributed by atoms with Gasteiger partial charge in [0.2, 0.25) is 0 Å². The molecule has 1 aromatic heterocycles. The molecular formula is C20H13ClN2O5. The Morgan fingerprint density at radius 1 is 1.04 bits per heavy atom. The van der Waals surface area contributed by atoms with Gasteiger partial charge in [0.1, 0.15) is 12.2 Å². The van der Waals surface area contributed by atoms with Gasteiger partial charge in [0, 0.05) is 16.7 Å². The van der Waals surface area contributed by atoms with E-state index in [1.54, 1.807) is 54.6 Å². The van der Waals surface area contributed by atoms with E-state index in [9.17, 15) is 14.4 Å². The van der Waals surface area contributed by atoms with E-state index in [-0.39, 0.29) is 17.7 Å². The van der Waals surface area contributed by atoms with Crippen LogP contribution < -0.4 is 0 Å². The number of carbonyl (C=O) groups is 3. The molecule has 2 heterocycles. The summed E-state index contributed by atoms with van der Waals surface area (Å²) in [6, 6.07) is 15.1. The van der Waals surface area contributed by atoms with Crippen LogP contribution in [0.5, 0.6) is 0 Å². The summed E-state index contributed by atoms with van der Waals surface area (Å²) in [7, 11) is 0. The third kappa shape index (κ3) is 3.39. The number of halogens is 1. The van der Waals surface area contributed by atoms with Crippen molar-refractivity contribution in [3.05, 3.63) is 76.5 Å². The second-order valence-corrected chi connectivity index (χ2v) is 6.52. The van der Waals surface area contributed by atoms with E-state index in [1.807, 2.05) is 0 Å². The summed E-state index contributed by atoms with van der Waals surface area (Å²) < 4.78 is 10.3. The fourth-order valence-corrected chi connectivity index (χ4v) is 2.97. The molecule has 2 aromatic carbocycles. The summed E-state index contributed by atoms with van der Waals surface area (Å²) >= 11 is 5.86. The minimum Gasteiger partial charge on any atom is -0.456 e. The molecular weight excluding hydrogens is 384 g/mol. The van der Waals surface area contributed by atoms with Crippen molar-refractivity contribution in [2.45, 2.75) is 6.61 Å². The molecule has 1 aliphatic rings. The smallest absolute Gasteiger partial charge is 0.326 e. The van der Waals surface area contributed by atoms with Crippen molar-refractivity contribution in [1.29, 1.82) is 0 Å². The van der Waals surface area contributed by atoms with Crippen molar-refractivity contribution in [2.75, 3.05) is 6.54 Å². The van der Waals surface area contributed by atoms with Gasteiger partial charge in [-0.3, -0.25) is 19.3 Å². The van der Waals surface area contributed by atoms with Crippen LogP contribution in [0.4, 0.5) is 0 Å². The minimum atomic E-state index is -0.723. The van der Waals surface area contributed by atoms with Crippen molar-refractivity contribution in [2.24, 2.45) is 0 Å². The lowest BCUT2D eigenvalue weighted by molar-refractivity contribution is -0.145. The number of hydrogen-bond acceptors (Lipinski definition) is 6. The first-order chi connectivity index (χ1) is 13.5. The van der Waals surface area contributed by atoms with Crippen molar-refractivity contribution in [3.63, 3.8) is 0 Å². The summed E-state index contributed by atoms with van der Waals surface area (Å²) in [6.07, 6.45) is 0. The fourth-order valence-electron chi connectivity index (χ4n) is 2.85. The summed E-state index contributed by atoms with van der Waals surface area (Å²) in [5, 5.41) is 4.53. The zero-order chi connectivity index (χ0) is 19.7. The lowest BCUT2D eigenvalue weighted by atomic mass is 10.1. The van der Waals surface area contributed by atoms with Gasteiger partial charge in [0.05, 0.1) is 11.1 Å². The Morgan fingerprint density at radius 2 is 1.68 bits per heavy atom. The molecule has 8 heteroatoms. The van der Waals surface area contributed by atoms with Gasteiger partial charge in [-0.05, 0) is 24.3 Å². The van der Waals surface area contributed by atoms with E-state index in [2.05, 4.69) is 5.16 Å². The number of carbonyl (C=O) groups excluding carboxylic acids is 3. The zero-order valence-electron chi connectivity index (χ0n) is 14.4. The molecule has 4 rings (SSSR count). The standard InChI is InChI=1S/C20H13ClN2O5/c21-13-7-5-12(6-8-13)17-9-14(28-22-17)11-27-18(24)10-23-19(25)15-3-1-2-4-16(15)20(23)26/h1-9H,10-11H2. The molecule has 0 atom stereocenters. The Morgan fingerprint density at radius 3 is 2.32 bits per heavy atom. The normalized spacial score (nSPS) is 13.0. The van der Waals surface area contributed by atoms with E-state index >= 15 is 0 Å². The number of fused-ring (bicyclic) bond motifs is 1. The third-order valence-corrected chi connectivity index (χ3v) is 4.49. The number of rotatable bonds is 5. The van der Waals surface area contributed by atoms with E-state index in [0.29, 0.717) is 16.5 Å². The lowest BCUT2D eigenvalue weighted by Crippen LogP contribution is -2.35. The van der Waals surface area contributed by atoms with Crippen LogP contribution in [-0.2, 0) is 16.1 Å². The van der Waals surface area contributed by atoms with Crippen LogP contribution in [0.1, 0.15) is 26.5 Å². The number of imide groups is 1. The molecule has 0 saturated heterocycles. The van der Waals surface area contributed by atoms with E-state index in [4.69, 9.17) is 20.9 Å². The van der Waals surface area contributed by atoms with Gasteiger partial charge in [-0.15, -0.1) is 0 Å². The number of benzene rings is 2. The Balaban J connectivity index is 1.36. The molecule has 0 N–H and O–H groups in total. The maximum Gasteiger partial charge on any atom is 0.326 e. The molecule has 0 fully saturated rings. The highest BCUT2D eigenvalue weighted by Gasteiger charge is 2.36. The Labute approximate surface area is 164 Å². The molecule has 0 unspecified atom stereocenters. The fraction of sp³-hybridized carbons (Fsp3) is 0.100. The quantitative estimate of drug-likeness (QED) is 0.485. The first-order valence-electron chi connectivity index (χ1n) is 8.35. The molecule has 0 aliphatic carbocycles. The maximum absolute atomic E-state index is 12.3. The number of hydrogen-bond donors (Lipinski definition) is 0. The van der Waals surface area contributed by atoms with Crippen LogP contribution in [0, 0.1) is 0 Å². The SMILES string of the molecule is O=C(CN1C(=O)c2ccccc2C1=O)OCc1cc(-c2ccc(Cl)cc2)no1. The molecule has 3 aromatic rings. The molecule has 2 amide bonds. The van der Waals surface area contributed by atoms with Crippen LogP contribution >= 0.6 is 11.6 Å². The van der Waals surface area contributed by atoms with Gasteiger partial charge in [-0.1, -0.05) is 41.0 Å². The first kappa shape index (κ1) is 17.9. The molecule has 0 radical (unpaired) electrons. The lowest BCUT2D eigenvalue weighted by Gasteiger charge is -2.12. The second-order valence-electron chi connectivity index (χ2n) is 6.09. The summed E-state index contributed by atoms with van der Waals surface area (Å²) in [6.45, 7) is -0.632. The van der Waals surface area contributed by atoms with Crippen molar-refractivity contribution in [3.8, 4) is 11.3 Å². The second kappa shape index (κ2) is 7.28. The summed E-state index contributed by atoms with van der Waals surface area (Å²) in [5.74, 6) is -1.41. The van der Waals surface area contributed by atoms with E-state index in [1.165, 1.54) is 0 Å². The average Bonchev–Trinajstić information content (AvgIpc) is 3.27. The number of ether oxygens (including phenoxy) is 1. The Kier molecular flexibility index (Phi) is 4.67. The predicted octanol–water partition coefficient (Wildman–Crippen LogP) is 3.33. The molecule has 140 valence electrons. The van der Waals surface area contributed by atoms with Gasteiger partial charge < -0.3 is 9.26 Å². The van der Waals surface area contributed by atoms with Gasteiger partial charge in [-0.25, -0.2) is 0 Å². The zero-order valence-corrected chi connectivity index (χ0v) is 15.2. The first-order valence-corrected chi connectivity index (χ1v) is 8.73. The molecule has 7 nitrogen and oxygen atoms in total. The topological polar surface area (TPSA) is 89.7 Å². The Hall–Kier alpha value is -3.45. The van der Waals surface area contributed by atoms with Gasteiger partial charge in [-0.2, -0.15) is 0 Å². The molecule has 0 saturated carbocycles. The van der Waals surface area contributed by atoms with Crippen LogP contribution in [0.3, 0.4) is 0 Å². The average molecular weight is 397 g/mol. The van der Waals surface area contributed by atoms with Crippen molar-refractivity contribution >= 4 is 29.4 Å². The molecule has 1 aliphatic heterocycles. The number of amides is 2. The van der Waals surface area contributed by atoms with E-state index < -0.39 is 24.3 Å². The van der Waals surface area contributed by atoms with E-state index in [0.717, 1.165) is 10.5 Å². The van der Waals surface area contributed by atoms with Crippen LogP contribution in [0.2, 0.25) is 5.02 Å². The summed E-state index contributed by atoms with van der Waals surface area (Å²) in [4.78, 5) is 37.5. The van der Waals surface area contributed by atoms with Gasteiger partial charge in [0.15, 0.2) is 12.4 Å². The molecule has 0 spiro atoms. The largest absolute Gasteiger partial charge is 0.456 e. The van der Waals surface area contributed by atoms with Gasteiger partial charge >= 0.3 is 5.97 Å². The maximum atomic E-state index is 12.3. The number of aromatic nitrogens is 1. The highest BCUT2D eigenvalue weighted by molar-refractivity contribution is 6.30.